The van der Waals surface area contributed by atoms with Gasteiger partial charge in [-0.2, -0.15) is 0 Å². The van der Waals surface area contributed by atoms with Crippen LogP contribution in [0, 0.1) is 6.92 Å². The zero-order valence-electron chi connectivity index (χ0n) is 17.1. The van der Waals surface area contributed by atoms with Crippen molar-refractivity contribution in [2.24, 2.45) is 0 Å². The van der Waals surface area contributed by atoms with E-state index in [0.29, 0.717) is 48.4 Å². The highest BCUT2D eigenvalue weighted by Gasteiger charge is 2.27. The van der Waals surface area contributed by atoms with Gasteiger partial charge in [0.25, 0.3) is 5.91 Å². The molecule has 2 aromatic carbocycles. The summed E-state index contributed by atoms with van der Waals surface area (Å²) in [5.41, 5.74) is 2.38. The van der Waals surface area contributed by atoms with Gasteiger partial charge in [0.1, 0.15) is 5.82 Å². The van der Waals surface area contributed by atoms with Crippen molar-refractivity contribution in [2.75, 3.05) is 31.1 Å². The maximum Gasteiger partial charge on any atom is 0.290 e. The van der Waals surface area contributed by atoms with Gasteiger partial charge in [-0.1, -0.05) is 54.1 Å². The van der Waals surface area contributed by atoms with Gasteiger partial charge in [0.2, 0.25) is 0 Å². The Morgan fingerprint density at radius 1 is 1.00 bits per heavy atom. The molecule has 0 bridgehead atoms. The number of anilines is 1. The van der Waals surface area contributed by atoms with Crippen LogP contribution in [0.3, 0.4) is 0 Å². The van der Waals surface area contributed by atoms with E-state index in [2.05, 4.69) is 9.88 Å². The molecular weight excluding hydrogens is 412 g/mol. The van der Waals surface area contributed by atoms with E-state index in [9.17, 15) is 4.79 Å². The van der Waals surface area contributed by atoms with E-state index in [4.69, 9.17) is 21.0 Å². The Hall–Kier alpha value is -3.38. The number of carbonyl (C=O) groups is 1. The molecule has 156 valence electrons. The number of amides is 1. The average Bonchev–Trinajstić information content (AvgIpc) is 3.17. The fourth-order valence-corrected chi connectivity index (χ4v) is 4.16. The van der Waals surface area contributed by atoms with E-state index in [1.165, 1.54) is 0 Å². The van der Waals surface area contributed by atoms with E-state index in [1.807, 2.05) is 60.4 Å². The number of aromatic nitrogens is 2. The van der Waals surface area contributed by atoms with Crippen molar-refractivity contribution in [3.05, 3.63) is 77.1 Å². The van der Waals surface area contributed by atoms with Gasteiger partial charge in [-0.15, -0.1) is 0 Å². The molecule has 0 spiro atoms. The van der Waals surface area contributed by atoms with Gasteiger partial charge in [0, 0.05) is 48.9 Å². The topological polar surface area (TPSA) is 62.5 Å². The van der Waals surface area contributed by atoms with Gasteiger partial charge in [-0.05, 0) is 19.1 Å². The highest BCUT2D eigenvalue weighted by atomic mass is 35.5. The van der Waals surface area contributed by atoms with E-state index < -0.39 is 0 Å². The Balaban J connectivity index is 1.32. The average molecular weight is 433 g/mol. The van der Waals surface area contributed by atoms with Crippen LogP contribution in [-0.2, 0) is 0 Å². The lowest BCUT2D eigenvalue weighted by molar-refractivity contribution is 0.0716. The third-order valence-corrected chi connectivity index (χ3v) is 5.97. The zero-order chi connectivity index (χ0) is 21.4. The van der Waals surface area contributed by atoms with Crippen LogP contribution in [0.15, 0.2) is 65.2 Å². The molecule has 0 saturated carbocycles. The van der Waals surface area contributed by atoms with Crippen molar-refractivity contribution in [3.8, 4) is 11.4 Å². The van der Waals surface area contributed by atoms with E-state index >= 15 is 0 Å². The highest BCUT2D eigenvalue weighted by Crippen LogP contribution is 2.31. The van der Waals surface area contributed by atoms with Crippen molar-refractivity contribution in [1.82, 2.24) is 14.9 Å². The van der Waals surface area contributed by atoms with E-state index in [0.717, 1.165) is 22.3 Å². The number of piperazine rings is 1. The minimum atomic E-state index is -0.0999. The van der Waals surface area contributed by atoms with Gasteiger partial charge >= 0.3 is 0 Å². The predicted octanol–water partition coefficient (Wildman–Crippen LogP) is 4.81. The molecular formula is C24H21ClN4O2. The monoisotopic (exact) mass is 432 g/mol. The number of rotatable bonds is 3. The van der Waals surface area contributed by atoms with Crippen LogP contribution in [0.1, 0.15) is 16.1 Å². The third kappa shape index (κ3) is 3.64. The second-order valence-electron chi connectivity index (χ2n) is 7.56. The number of halogens is 1. The quantitative estimate of drug-likeness (QED) is 0.464. The van der Waals surface area contributed by atoms with Crippen molar-refractivity contribution in [1.29, 1.82) is 0 Å². The largest absolute Gasteiger partial charge is 0.449 e. The standard InChI is InChI=1S/C24H21ClN4O2/c1-16-18-8-5-9-19(25)22(18)31-21(16)24(30)29-14-12-28(13-15-29)20-10-11-26-23(27-20)17-6-3-2-4-7-17/h2-11H,12-15H2,1H3. The molecule has 0 unspecified atom stereocenters. The smallest absolute Gasteiger partial charge is 0.290 e. The lowest BCUT2D eigenvalue weighted by Gasteiger charge is -2.35. The molecule has 1 fully saturated rings. The van der Waals surface area contributed by atoms with Crippen molar-refractivity contribution < 1.29 is 9.21 Å². The second-order valence-corrected chi connectivity index (χ2v) is 7.96. The molecule has 3 heterocycles. The summed E-state index contributed by atoms with van der Waals surface area (Å²) in [6, 6.07) is 17.4. The number of nitrogens with zero attached hydrogens (tertiary/aromatic N) is 4. The van der Waals surface area contributed by atoms with Crippen LogP contribution >= 0.6 is 11.6 Å². The number of hydrogen-bond donors (Lipinski definition) is 0. The fraction of sp³-hybridized carbons (Fsp3) is 0.208. The first kappa shape index (κ1) is 19.6. The third-order valence-electron chi connectivity index (χ3n) is 5.67. The van der Waals surface area contributed by atoms with Gasteiger partial charge in [0.05, 0.1) is 5.02 Å². The minimum Gasteiger partial charge on any atom is -0.449 e. The second kappa shape index (κ2) is 8.04. The fourth-order valence-electron chi connectivity index (χ4n) is 3.95. The van der Waals surface area contributed by atoms with Crippen molar-refractivity contribution in [3.63, 3.8) is 0 Å². The summed E-state index contributed by atoms with van der Waals surface area (Å²) in [4.78, 5) is 26.3. The zero-order valence-corrected chi connectivity index (χ0v) is 17.8. The Morgan fingerprint density at radius 3 is 2.52 bits per heavy atom. The molecule has 5 rings (SSSR count). The summed E-state index contributed by atoms with van der Waals surface area (Å²) in [6.07, 6.45) is 1.78. The van der Waals surface area contributed by atoms with Crippen molar-refractivity contribution in [2.45, 2.75) is 6.92 Å². The maximum atomic E-state index is 13.1. The Morgan fingerprint density at radius 2 is 1.77 bits per heavy atom. The number of hydrogen-bond acceptors (Lipinski definition) is 5. The van der Waals surface area contributed by atoms with Gasteiger partial charge in [-0.25, -0.2) is 9.97 Å². The Bertz CT molecular complexity index is 1250. The predicted molar refractivity (Wildman–Crippen MR) is 122 cm³/mol. The summed E-state index contributed by atoms with van der Waals surface area (Å²) < 4.78 is 5.86. The SMILES string of the molecule is Cc1c(C(=O)N2CCN(c3ccnc(-c4ccccc4)n3)CC2)oc2c(Cl)cccc12. The molecule has 0 aliphatic carbocycles. The van der Waals surface area contributed by atoms with Crippen LogP contribution in [0.4, 0.5) is 5.82 Å². The molecule has 1 amide bonds. The van der Waals surface area contributed by atoms with Crippen LogP contribution in [0.2, 0.25) is 5.02 Å². The Labute approximate surface area is 185 Å². The van der Waals surface area contributed by atoms with Crippen LogP contribution in [-0.4, -0.2) is 47.0 Å². The first-order chi connectivity index (χ1) is 15.1. The molecule has 1 aliphatic rings. The van der Waals surface area contributed by atoms with Crippen LogP contribution in [0.25, 0.3) is 22.4 Å². The molecule has 6 nitrogen and oxygen atoms in total. The first-order valence-electron chi connectivity index (χ1n) is 10.2. The summed E-state index contributed by atoms with van der Waals surface area (Å²) in [7, 11) is 0. The highest BCUT2D eigenvalue weighted by molar-refractivity contribution is 6.35. The van der Waals surface area contributed by atoms with E-state index in [-0.39, 0.29) is 5.91 Å². The number of benzene rings is 2. The molecule has 0 radical (unpaired) electrons. The summed E-state index contributed by atoms with van der Waals surface area (Å²) in [5, 5.41) is 1.39. The number of aryl methyl sites for hydroxylation is 1. The summed E-state index contributed by atoms with van der Waals surface area (Å²) in [6.45, 7) is 4.47. The molecule has 1 aliphatic heterocycles. The number of para-hydroxylation sites is 1. The minimum absolute atomic E-state index is 0.0999. The molecule has 7 heteroatoms. The Kier molecular flexibility index (Phi) is 5.08. The lowest BCUT2D eigenvalue weighted by Crippen LogP contribution is -2.49. The molecule has 1 saturated heterocycles. The molecule has 0 N–H and O–H groups in total. The van der Waals surface area contributed by atoms with Crippen LogP contribution < -0.4 is 4.90 Å². The van der Waals surface area contributed by atoms with Gasteiger partial charge < -0.3 is 14.2 Å². The summed E-state index contributed by atoms with van der Waals surface area (Å²) >= 11 is 6.24. The van der Waals surface area contributed by atoms with Gasteiger partial charge in [0.15, 0.2) is 17.2 Å². The number of fused-ring (bicyclic) bond motifs is 1. The van der Waals surface area contributed by atoms with Crippen LogP contribution in [0.5, 0.6) is 0 Å². The first-order valence-corrected chi connectivity index (χ1v) is 10.6. The molecule has 4 aromatic rings. The van der Waals surface area contributed by atoms with Crippen molar-refractivity contribution >= 4 is 34.3 Å². The molecule has 0 atom stereocenters. The number of carbonyl (C=O) groups excluding carboxylic acids is 1. The number of furan rings is 1. The molecule has 31 heavy (non-hydrogen) atoms. The van der Waals surface area contributed by atoms with E-state index in [1.54, 1.807) is 12.3 Å². The maximum absolute atomic E-state index is 13.1. The summed E-state index contributed by atoms with van der Waals surface area (Å²) in [5.74, 6) is 1.83. The normalized spacial score (nSPS) is 14.3. The molecule has 2 aromatic heterocycles. The lowest BCUT2D eigenvalue weighted by atomic mass is 10.1. The van der Waals surface area contributed by atoms with Gasteiger partial charge in [-0.3, -0.25) is 4.79 Å².